The minimum Gasteiger partial charge on any atom is -0.467 e. The normalized spacial score (nSPS) is 17.1. The number of esters is 1. The van der Waals surface area contributed by atoms with E-state index in [0.29, 0.717) is 11.5 Å². The molecule has 1 heterocycles. The zero-order chi connectivity index (χ0) is 20.2. The van der Waals surface area contributed by atoms with Gasteiger partial charge in [-0.3, -0.25) is 4.79 Å². The van der Waals surface area contributed by atoms with Gasteiger partial charge in [0.15, 0.2) is 6.29 Å². The van der Waals surface area contributed by atoms with Crippen LogP contribution in [0.2, 0.25) is 0 Å². The average molecular weight is 408 g/mol. The summed E-state index contributed by atoms with van der Waals surface area (Å²) in [5, 5.41) is 5.69. The van der Waals surface area contributed by atoms with E-state index in [1.165, 1.54) is 18.9 Å². The van der Waals surface area contributed by atoms with Crippen molar-refractivity contribution in [2.75, 3.05) is 26.0 Å². The summed E-state index contributed by atoms with van der Waals surface area (Å²) in [6.07, 6.45) is 2.85. The molecule has 2 atom stereocenters. The summed E-state index contributed by atoms with van der Waals surface area (Å²) < 4.78 is 16.2. The Balaban J connectivity index is 1.85. The molecule has 1 amide bonds. The summed E-state index contributed by atoms with van der Waals surface area (Å²) in [7, 11) is 1.26. The minimum absolute atomic E-state index is 0.202. The molecule has 1 aliphatic heterocycles. The first kappa shape index (κ1) is 21.9. The van der Waals surface area contributed by atoms with Gasteiger partial charge in [0.05, 0.1) is 13.7 Å². The van der Waals surface area contributed by atoms with Gasteiger partial charge in [-0.05, 0) is 36.1 Å². The number of thioether (sulfide) groups is 1. The molecule has 0 aliphatic carbocycles. The Kier molecular flexibility index (Phi) is 9.47. The lowest BCUT2D eigenvalue weighted by molar-refractivity contribution is -0.144. The fourth-order valence-electron chi connectivity index (χ4n) is 2.61. The van der Waals surface area contributed by atoms with E-state index in [2.05, 4.69) is 15.3 Å². The molecule has 9 nitrogen and oxygen atoms in total. The van der Waals surface area contributed by atoms with E-state index >= 15 is 0 Å². The number of carbonyl (C=O) groups excluding carboxylic acids is 2. The van der Waals surface area contributed by atoms with Crippen LogP contribution >= 0.6 is 11.8 Å². The maximum Gasteiger partial charge on any atom is 0.329 e. The Hall–Kier alpha value is -2.42. The number of nitrogens with zero attached hydrogens (tertiary/aromatic N) is 3. The standard InChI is InChI=1S/C18H24N4O5S/c1-25-18(24)15(21-16(23)10-20-22-19)12-28-11-13-5-4-6-14(9-13)27-17-7-2-3-8-26-17/h4-6,9,15,17H,2-3,7-8,10-12H2,1H3,(H,21,23)/t15-,17?/m1/s1. The van der Waals surface area contributed by atoms with Crippen LogP contribution in [-0.2, 0) is 24.8 Å². The number of hydrogen-bond donors (Lipinski definition) is 1. The van der Waals surface area contributed by atoms with Crippen molar-refractivity contribution in [3.63, 3.8) is 0 Å². The van der Waals surface area contributed by atoms with E-state index in [1.54, 1.807) is 0 Å². The largest absolute Gasteiger partial charge is 0.467 e. The third kappa shape index (κ3) is 7.67. The molecular formula is C18H24N4O5S. The lowest BCUT2D eigenvalue weighted by Crippen LogP contribution is -2.44. The van der Waals surface area contributed by atoms with Crippen molar-refractivity contribution in [3.05, 3.63) is 40.3 Å². The maximum atomic E-state index is 11.9. The summed E-state index contributed by atoms with van der Waals surface area (Å²) >= 11 is 1.47. The van der Waals surface area contributed by atoms with E-state index in [1.807, 2.05) is 24.3 Å². The molecule has 1 N–H and O–H groups in total. The van der Waals surface area contributed by atoms with Crippen LogP contribution in [0.3, 0.4) is 0 Å². The fraction of sp³-hybridized carbons (Fsp3) is 0.556. The molecule has 0 spiro atoms. The quantitative estimate of drug-likeness (QED) is 0.275. The number of methoxy groups -OCH3 is 1. The summed E-state index contributed by atoms with van der Waals surface area (Å²) in [5.41, 5.74) is 9.29. The van der Waals surface area contributed by atoms with Crippen molar-refractivity contribution in [3.8, 4) is 5.75 Å². The fourth-order valence-corrected chi connectivity index (χ4v) is 3.59. The molecule has 1 saturated heterocycles. The lowest BCUT2D eigenvalue weighted by Gasteiger charge is -2.23. The summed E-state index contributed by atoms with van der Waals surface area (Å²) in [5.74, 6) is 0.621. The van der Waals surface area contributed by atoms with E-state index in [0.717, 1.165) is 37.2 Å². The molecule has 1 fully saturated rings. The van der Waals surface area contributed by atoms with Crippen LogP contribution in [0.4, 0.5) is 0 Å². The SMILES string of the molecule is COC(=O)[C@@H](CSCc1cccc(OC2CCCCO2)c1)NC(=O)CN=[N+]=[N-]. The van der Waals surface area contributed by atoms with Gasteiger partial charge in [0.2, 0.25) is 5.91 Å². The van der Waals surface area contributed by atoms with Gasteiger partial charge in [0, 0.05) is 22.8 Å². The first-order chi connectivity index (χ1) is 13.6. The number of hydrogen-bond acceptors (Lipinski definition) is 7. The molecule has 28 heavy (non-hydrogen) atoms. The second kappa shape index (κ2) is 12.1. The molecule has 0 saturated carbocycles. The number of carbonyl (C=O) groups is 2. The number of azide groups is 1. The average Bonchev–Trinajstić information content (AvgIpc) is 2.72. The molecule has 1 aromatic carbocycles. The van der Waals surface area contributed by atoms with E-state index < -0.39 is 17.9 Å². The summed E-state index contributed by atoms with van der Waals surface area (Å²) in [6, 6.07) is 6.89. The zero-order valence-corrected chi connectivity index (χ0v) is 16.5. The molecule has 1 unspecified atom stereocenters. The summed E-state index contributed by atoms with van der Waals surface area (Å²) in [4.78, 5) is 26.1. The predicted molar refractivity (Wildman–Crippen MR) is 105 cm³/mol. The van der Waals surface area contributed by atoms with E-state index in [9.17, 15) is 9.59 Å². The second-order valence-corrected chi connectivity index (χ2v) is 7.14. The number of nitrogens with one attached hydrogen (secondary N) is 1. The Morgan fingerprint density at radius 3 is 3.04 bits per heavy atom. The molecular weight excluding hydrogens is 384 g/mol. The van der Waals surface area contributed by atoms with Gasteiger partial charge in [0.1, 0.15) is 18.3 Å². The van der Waals surface area contributed by atoms with Crippen molar-refractivity contribution in [1.82, 2.24) is 5.32 Å². The third-order valence-electron chi connectivity index (χ3n) is 3.96. The number of benzene rings is 1. The molecule has 1 aliphatic rings. The van der Waals surface area contributed by atoms with Gasteiger partial charge in [-0.1, -0.05) is 17.2 Å². The highest BCUT2D eigenvalue weighted by molar-refractivity contribution is 7.98. The van der Waals surface area contributed by atoms with Gasteiger partial charge in [-0.15, -0.1) is 0 Å². The van der Waals surface area contributed by atoms with Crippen LogP contribution < -0.4 is 10.1 Å². The smallest absolute Gasteiger partial charge is 0.329 e. The zero-order valence-electron chi connectivity index (χ0n) is 15.7. The third-order valence-corrected chi connectivity index (χ3v) is 5.06. The highest BCUT2D eigenvalue weighted by Crippen LogP contribution is 2.22. The van der Waals surface area contributed by atoms with Crippen LogP contribution in [-0.4, -0.2) is 50.2 Å². The molecule has 0 bridgehead atoms. The van der Waals surface area contributed by atoms with Gasteiger partial charge < -0.3 is 19.5 Å². The van der Waals surface area contributed by atoms with Crippen LogP contribution in [0, 0.1) is 0 Å². The monoisotopic (exact) mass is 408 g/mol. The topological polar surface area (TPSA) is 123 Å². The molecule has 1 aromatic rings. The predicted octanol–water partition coefficient (Wildman–Crippen LogP) is 2.79. The Labute approximate surface area is 167 Å². The van der Waals surface area contributed by atoms with Crippen LogP contribution in [0.25, 0.3) is 10.4 Å². The van der Waals surface area contributed by atoms with Crippen LogP contribution in [0.15, 0.2) is 29.4 Å². The molecule has 152 valence electrons. The molecule has 10 heteroatoms. The van der Waals surface area contributed by atoms with Crippen LogP contribution in [0.1, 0.15) is 24.8 Å². The van der Waals surface area contributed by atoms with Gasteiger partial charge >= 0.3 is 5.97 Å². The van der Waals surface area contributed by atoms with Crippen molar-refractivity contribution in [1.29, 1.82) is 0 Å². The molecule has 2 rings (SSSR count). The van der Waals surface area contributed by atoms with Gasteiger partial charge in [0.25, 0.3) is 0 Å². The first-order valence-electron chi connectivity index (χ1n) is 8.95. The second-order valence-electron chi connectivity index (χ2n) is 6.11. The molecule has 0 radical (unpaired) electrons. The van der Waals surface area contributed by atoms with Gasteiger partial charge in [-0.2, -0.15) is 11.8 Å². The number of amides is 1. The highest BCUT2D eigenvalue weighted by Gasteiger charge is 2.21. The van der Waals surface area contributed by atoms with Crippen molar-refractivity contribution >= 4 is 23.6 Å². The number of rotatable bonds is 10. The minimum atomic E-state index is -0.813. The Bertz CT molecular complexity index is 705. The first-order valence-corrected chi connectivity index (χ1v) is 10.1. The van der Waals surface area contributed by atoms with Gasteiger partial charge in [-0.25, -0.2) is 4.79 Å². The molecule has 0 aromatic heterocycles. The van der Waals surface area contributed by atoms with E-state index in [4.69, 9.17) is 19.7 Å². The highest BCUT2D eigenvalue weighted by atomic mass is 32.2. The Morgan fingerprint density at radius 2 is 2.32 bits per heavy atom. The lowest BCUT2D eigenvalue weighted by atomic mass is 10.2. The van der Waals surface area contributed by atoms with Crippen molar-refractivity contribution in [2.24, 2.45) is 5.11 Å². The van der Waals surface area contributed by atoms with E-state index in [-0.39, 0.29) is 12.8 Å². The number of ether oxygens (including phenoxy) is 3. The van der Waals surface area contributed by atoms with Crippen molar-refractivity contribution in [2.45, 2.75) is 37.3 Å². The maximum absolute atomic E-state index is 11.9. The van der Waals surface area contributed by atoms with Crippen LogP contribution in [0.5, 0.6) is 5.75 Å². The van der Waals surface area contributed by atoms with Crippen molar-refractivity contribution < 1.29 is 23.8 Å². The Morgan fingerprint density at radius 1 is 1.46 bits per heavy atom. The summed E-state index contributed by atoms with van der Waals surface area (Å²) in [6.45, 7) is 0.359.